The van der Waals surface area contributed by atoms with E-state index in [4.69, 9.17) is 11.3 Å². The number of carbonyl (C=O) groups is 1. The molecule has 3 nitrogen and oxygen atoms in total. The first-order valence-corrected chi connectivity index (χ1v) is 28.5. The van der Waals surface area contributed by atoms with E-state index in [1.165, 1.54) is 104 Å². The molecule has 0 unspecified atom stereocenters. The molecule has 0 atom stereocenters. The van der Waals surface area contributed by atoms with Crippen LogP contribution in [0.3, 0.4) is 0 Å². The van der Waals surface area contributed by atoms with Crippen molar-refractivity contribution >= 4 is 43.6 Å². The topological polar surface area (TPSA) is 46.5 Å². The molecule has 0 rings (SSSR count). The number of hydrogen-bond acceptors (Lipinski definition) is 2. The summed E-state index contributed by atoms with van der Waals surface area (Å²) >= 11 is -4.92. The Hall–Kier alpha value is 0.817. The van der Waals surface area contributed by atoms with Gasteiger partial charge in [0.1, 0.15) is 0 Å². The summed E-state index contributed by atoms with van der Waals surface area (Å²) in [7, 11) is 0. The predicted molar refractivity (Wildman–Crippen MR) is 145 cm³/mol. The Morgan fingerprint density at radius 2 is 0.765 bits per heavy atom. The van der Waals surface area contributed by atoms with E-state index in [2.05, 4.69) is 41.5 Å². The number of rotatable bonds is 20. The third kappa shape index (κ3) is 18.1. The number of alkyl halides is 3. The SMILES string of the molecule is CCC[CH2][Sn]([CH2]CCC)([CH2]CCC)[O][Sn]([CH2]CCC)([CH2]CCC)[CH2]CCC.O=C(O)C(F)(F)F. The van der Waals surface area contributed by atoms with Gasteiger partial charge in [0.2, 0.25) is 0 Å². The summed E-state index contributed by atoms with van der Waals surface area (Å²) in [5.41, 5.74) is 0. The van der Waals surface area contributed by atoms with Gasteiger partial charge in [-0.25, -0.2) is 4.79 Å². The molecular weight excluding hydrogens is 655 g/mol. The molecule has 34 heavy (non-hydrogen) atoms. The quantitative estimate of drug-likeness (QED) is 0.128. The van der Waals surface area contributed by atoms with Gasteiger partial charge in [-0.2, -0.15) is 13.2 Å². The third-order valence-corrected chi connectivity index (χ3v) is 47.3. The van der Waals surface area contributed by atoms with Gasteiger partial charge in [0, 0.05) is 0 Å². The summed E-state index contributed by atoms with van der Waals surface area (Å²) in [4.78, 5) is 8.90. The summed E-state index contributed by atoms with van der Waals surface area (Å²) in [6.07, 6.45) is 11.8. The van der Waals surface area contributed by atoms with Crippen LogP contribution in [0.2, 0.25) is 26.6 Å². The second-order valence-corrected chi connectivity index (χ2v) is 36.5. The van der Waals surface area contributed by atoms with Crippen molar-refractivity contribution in [3.8, 4) is 0 Å². The second kappa shape index (κ2) is 21.9. The molecule has 0 aromatic heterocycles. The van der Waals surface area contributed by atoms with Crippen molar-refractivity contribution in [3.63, 3.8) is 0 Å². The van der Waals surface area contributed by atoms with E-state index in [0.29, 0.717) is 0 Å². The van der Waals surface area contributed by atoms with Crippen LogP contribution in [-0.4, -0.2) is 54.8 Å². The zero-order chi connectivity index (χ0) is 26.5. The maximum absolute atomic E-state index is 10.6. The molecule has 0 saturated carbocycles. The van der Waals surface area contributed by atoms with E-state index < -0.39 is 49.7 Å². The Balaban J connectivity index is 0. The molecule has 0 aromatic rings. The van der Waals surface area contributed by atoms with Gasteiger partial charge in [0.05, 0.1) is 0 Å². The van der Waals surface area contributed by atoms with Crippen molar-refractivity contribution in [1.29, 1.82) is 0 Å². The molecule has 0 saturated heterocycles. The van der Waals surface area contributed by atoms with Crippen molar-refractivity contribution in [3.05, 3.63) is 0 Å². The standard InChI is InChI=1S/6C4H9.C2HF3O2.O.2Sn/c6*1-3-4-2;3-2(4,5)1(6)7;;;/h6*1,3-4H2,2H3;(H,6,7);;;. The summed E-state index contributed by atoms with van der Waals surface area (Å²) in [5.74, 6) is -2.76. The number of carboxylic acid groups (broad SMARTS) is 1. The molecule has 0 heterocycles. The van der Waals surface area contributed by atoms with E-state index in [1.807, 2.05) is 0 Å². The molecule has 0 radical (unpaired) electrons. The molecule has 0 amide bonds. The van der Waals surface area contributed by atoms with E-state index in [-0.39, 0.29) is 0 Å². The average molecular weight is 710 g/mol. The van der Waals surface area contributed by atoms with Gasteiger partial charge in [0.25, 0.3) is 0 Å². The minimum absolute atomic E-state index is 1.36. The first kappa shape index (κ1) is 37.0. The first-order chi connectivity index (χ1) is 16.0. The van der Waals surface area contributed by atoms with Crippen LogP contribution in [-0.2, 0) is 6.21 Å². The minimum atomic E-state index is -5.08. The van der Waals surface area contributed by atoms with E-state index in [0.717, 1.165) is 0 Å². The monoisotopic (exact) mass is 712 g/mol. The van der Waals surface area contributed by atoms with Crippen molar-refractivity contribution in [1.82, 2.24) is 0 Å². The van der Waals surface area contributed by atoms with Gasteiger partial charge in [-0.15, -0.1) is 0 Å². The number of aliphatic carboxylic acids is 1. The molecule has 0 aliphatic carbocycles. The molecule has 0 aliphatic rings. The largest absolute Gasteiger partial charge is 0.490 e. The van der Waals surface area contributed by atoms with Crippen molar-refractivity contribution in [2.75, 3.05) is 0 Å². The van der Waals surface area contributed by atoms with Gasteiger partial charge in [-0.3, -0.25) is 0 Å². The Morgan fingerprint density at radius 1 is 0.588 bits per heavy atom. The Bertz CT molecular complexity index is 415. The number of carboxylic acids is 1. The van der Waals surface area contributed by atoms with Crippen LogP contribution >= 0.6 is 0 Å². The molecule has 0 aromatic carbocycles. The van der Waals surface area contributed by atoms with Gasteiger partial charge >= 0.3 is 196 Å². The van der Waals surface area contributed by atoms with Crippen LogP contribution in [0.15, 0.2) is 0 Å². The van der Waals surface area contributed by atoms with Crippen LogP contribution in [0, 0.1) is 0 Å². The minimum Gasteiger partial charge on any atom is -0.475 e. The zero-order valence-electron chi connectivity index (χ0n) is 23.1. The molecule has 206 valence electrons. The van der Waals surface area contributed by atoms with E-state index in [9.17, 15) is 13.2 Å². The van der Waals surface area contributed by atoms with Gasteiger partial charge < -0.3 is 5.11 Å². The van der Waals surface area contributed by atoms with Gasteiger partial charge in [-0.1, -0.05) is 0 Å². The Morgan fingerprint density at radius 3 is 0.882 bits per heavy atom. The zero-order valence-corrected chi connectivity index (χ0v) is 28.8. The van der Waals surface area contributed by atoms with Crippen LogP contribution < -0.4 is 0 Å². The molecule has 0 spiro atoms. The van der Waals surface area contributed by atoms with Crippen molar-refractivity contribution < 1.29 is 24.5 Å². The predicted octanol–water partition coefficient (Wildman–Crippen LogP) is 10.3. The van der Waals surface area contributed by atoms with Gasteiger partial charge in [-0.05, 0) is 0 Å². The normalized spacial score (nSPS) is 12.4. The summed E-state index contributed by atoms with van der Waals surface area (Å²) in [6, 6.07) is 0. The van der Waals surface area contributed by atoms with Crippen molar-refractivity contribution in [2.24, 2.45) is 0 Å². The summed E-state index contributed by atoms with van der Waals surface area (Å²) in [5, 5.41) is 7.12. The second-order valence-electron chi connectivity index (χ2n) is 9.89. The smallest absolute Gasteiger partial charge is 0.475 e. The van der Waals surface area contributed by atoms with E-state index >= 15 is 0 Å². The van der Waals surface area contributed by atoms with E-state index in [1.54, 1.807) is 0 Å². The van der Waals surface area contributed by atoms with Crippen LogP contribution in [0.1, 0.15) is 119 Å². The fourth-order valence-electron chi connectivity index (χ4n) is 4.51. The Kier molecular flexibility index (Phi) is 23.8. The molecule has 0 bridgehead atoms. The number of halogens is 3. The Labute approximate surface area is 218 Å². The maximum atomic E-state index is 10.6. The molecule has 8 heteroatoms. The van der Waals surface area contributed by atoms with Crippen LogP contribution in [0.25, 0.3) is 0 Å². The number of unbranched alkanes of at least 4 members (excludes halogenated alkanes) is 6. The van der Waals surface area contributed by atoms with Gasteiger partial charge in [0.15, 0.2) is 0 Å². The number of hydrogen-bond donors (Lipinski definition) is 1. The van der Waals surface area contributed by atoms with Crippen molar-refractivity contribution in [2.45, 2.75) is 151 Å². The first-order valence-electron chi connectivity index (χ1n) is 14.0. The summed E-state index contributed by atoms with van der Waals surface area (Å²) < 4.78 is 48.8. The summed E-state index contributed by atoms with van der Waals surface area (Å²) in [6.45, 7) is 14.3. The molecule has 0 fully saturated rings. The van der Waals surface area contributed by atoms with Crippen LogP contribution in [0.5, 0.6) is 0 Å². The fourth-order valence-corrected chi connectivity index (χ4v) is 59.6. The maximum Gasteiger partial charge on any atom is 0.490 e. The third-order valence-electron chi connectivity index (χ3n) is 6.59. The molecular formula is C26H55F3O3Sn2. The fraction of sp³-hybridized carbons (Fsp3) is 0.962. The van der Waals surface area contributed by atoms with Crippen LogP contribution in [0.4, 0.5) is 13.2 Å². The molecule has 1 N–H and O–H groups in total. The molecule has 0 aliphatic heterocycles. The average Bonchev–Trinajstić information content (AvgIpc) is 2.80.